The van der Waals surface area contributed by atoms with E-state index in [1.165, 1.54) is 12.5 Å². The molecule has 10 heteroatoms. The number of benzene rings is 2. The Balaban J connectivity index is 1.33. The highest BCUT2D eigenvalue weighted by atomic mass is 35.5. The van der Waals surface area contributed by atoms with Gasteiger partial charge in [-0.1, -0.05) is 29.8 Å². The van der Waals surface area contributed by atoms with Crippen LogP contribution in [0, 0.1) is 17.1 Å². The van der Waals surface area contributed by atoms with Gasteiger partial charge in [-0.05, 0) is 57.2 Å². The van der Waals surface area contributed by atoms with Crippen molar-refractivity contribution in [2.45, 2.75) is 64.2 Å². The van der Waals surface area contributed by atoms with Gasteiger partial charge in [-0.2, -0.15) is 15.2 Å². The molecule has 2 atom stereocenters. The monoisotopic (exact) mass is 577 g/mol. The molecule has 41 heavy (non-hydrogen) atoms. The van der Waals surface area contributed by atoms with Crippen LogP contribution in [0.5, 0.6) is 6.01 Å². The Hall–Kier alpha value is -3.19. The second kappa shape index (κ2) is 12.0. The van der Waals surface area contributed by atoms with Crippen LogP contribution in [-0.2, 0) is 13.0 Å². The summed E-state index contributed by atoms with van der Waals surface area (Å²) in [7, 11) is 0. The summed E-state index contributed by atoms with van der Waals surface area (Å²) >= 11 is 6.49. The summed E-state index contributed by atoms with van der Waals surface area (Å²) in [6.45, 7) is 9.68. The molecule has 0 amide bonds. The first-order chi connectivity index (χ1) is 19.9. The minimum absolute atomic E-state index is 0.0923. The van der Waals surface area contributed by atoms with Crippen molar-refractivity contribution < 1.29 is 9.13 Å². The summed E-state index contributed by atoms with van der Waals surface area (Å²) in [6, 6.07) is 12.7. The number of nitrogens with one attached hydrogen (secondary N) is 1. The fourth-order valence-corrected chi connectivity index (χ4v) is 6.90. The van der Waals surface area contributed by atoms with Crippen molar-refractivity contribution in [2.75, 3.05) is 49.1 Å². The Bertz CT molecular complexity index is 1460. The summed E-state index contributed by atoms with van der Waals surface area (Å²) in [5.74, 6) is 0.487. The molecule has 0 aliphatic carbocycles. The highest BCUT2D eigenvalue weighted by Crippen LogP contribution is 2.38. The zero-order valence-electron chi connectivity index (χ0n) is 23.7. The van der Waals surface area contributed by atoms with Crippen LogP contribution in [0.15, 0.2) is 30.3 Å². The van der Waals surface area contributed by atoms with E-state index in [2.05, 4.69) is 39.9 Å². The molecule has 4 heterocycles. The predicted octanol–water partition coefficient (Wildman–Crippen LogP) is 4.93. The lowest BCUT2D eigenvalue weighted by Crippen LogP contribution is -2.51. The first-order valence-electron chi connectivity index (χ1n) is 14.7. The number of fused-ring (bicyclic) bond motifs is 2. The molecule has 3 aliphatic heterocycles. The number of likely N-dealkylation sites (tertiary alicyclic amines) is 1. The maximum absolute atomic E-state index is 14.5. The van der Waals surface area contributed by atoms with E-state index < -0.39 is 5.82 Å². The molecule has 0 radical (unpaired) electrons. The van der Waals surface area contributed by atoms with Crippen molar-refractivity contribution in [1.82, 2.24) is 20.2 Å². The van der Waals surface area contributed by atoms with Gasteiger partial charge in [-0.3, -0.25) is 4.90 Å². The van der Waals surface area contributed by atoms with E-state index in [0.717, 1.165) is 72.6 Å². The molecule has 3 aliphatic rings. The summed E-state index contributed by atoms with van der Waals surface area (Å²) in [4.78, 5) is 16.9. The molecule has 0 spiro atoms. The lowest BCUT2D eigenvalue weighted by Gasteiger charge is -2.37. The maximum Gasteiger partial charge on any atom is 0.318 e. The van der Waals surface area contributed by atoms with Crippen molar-refractivity contribution in [2.24, 2.45) is 0 Å². The van der Waals surface area contributed by atoms with Crippen LogP contribution in [-0.4, -0.2) is 72.3 Å². The number of anilines is 2. The van der Waals surface area contributed by atoms with Gasteiger partial charge in [0.05, 0.1) is 29.8 Å². The number of hydrogen-bond donors (Lipinski definition) is 1. The van der Waals surface area contributed by atoms with E-state index in [1.54, 1.807) is 6.07 Å². The van der Waals surface area contributed by atoms with E-state index in [-0.39, 0.29) is 11.1 Å². The van der Waals surface area contributed by atoms with Crippen molar-refractivity contribution in [3.63, 3.8) is 0 Å². The van der Waals surface area contributed by atoms with Gasteiger partial charge in [0.2, 0.25) is 0 Å². The molecule has 1 aromatic heterocycles. The minimum Gasteiger partial charge on any atom is -0.462 e. The first kappa shape index (κ1) is 28.0. The van der Waals surface area contributed by atoms with E-state index >= 15 is 0 Å². The van der Waals surface area contributed by atoms with Gasteiger partial charge in [0.25, 0.3) is 0 Å². The summed E-state index contributed by atoms with van der Waals surface area (Å²) in [5.41, 5.74) is 2.94. The molecule has 2 fully saturated rings. The summed E-state index contributed by atoms with van der Waals surface area (Å²) in [5, 5.41) is 14.5. The Labute approximate surface area is 246 Å². The predicted molar refractivity (Wildman–Crippen MR) is 160 cm³/mol. The van der Waals surface area contributed by atoms with Crippen LogP contribution in [0.4, 0.5) is 15.9 Å². The van der Waals surface area contributed by atoms with Gasteiger partial charge < -0.3 is 19.9 Å². The number of rotatable bonds is 7. The van der Waals surface area contributed by atoms with Gasteiger partial charge in [0.15, 0.2) is 0 Å². The number of halogens is 2. The summed E-state index contributed by atoms with van der Waals surface area (Å²) < 4.78 is 20.8. The maximum atomic E-state index is 14.5. The number of nitriles is 1. The molecule has 2 saturated heterocycles. The van der Waals surface area contributed by atoms with Gasteiger partial charge in [0, 0.05) is 60.9 Å². The van der Waals surface area contributed by atoms with Gasteiger partial charge in [-0.25, -0.2) is 4.39 Å². The van der Waals surface area contributed by atoms with Crippen LogP contribution < -0.4 is 19.9 Å². The zero-order valence-corrected chi connectivity index (χ0v) is 24.5. The normalized spacial score (nSPS) is 21.4. The van der Waals surface area contributed by atoms with E-state index in [0.29, 0.717) is 44.2 Å². The summed E-state index contributed by atoms with van der Waals surface area (Å²) in [6.07, 6.45) is 3.47. The quantitative estimate of drug-likeness (QED) is 0.423. The van der Waals surface area contributed by atoms with Crippen LogP contribution in [0.2, 0.25) is 5.02 Å². The van der Waals surface area contributed by atoms with Crippen molar-refractivity contribution in [1.29, 1.82) is 5.26 Å². The largest absolute Gasteiger partial charge is 0.462 e. The van der Waals surface area contributed by atoms with E-state index in [4.69, 9.17) is 26.3 Å². The lowest BCUT2D eigenvalue weighted by molar-refractivity contribution is 0.138. The molecule has 0 saturated carbocycles. The second-order valence-corrected chi connectivity index (χ2v) is 11.9. The molecule has 2 unspecified atom stereocenters. The molecular formula is C31H37ClFN7O. The molecule has 6 rings (SSSR count). The van der Waals surface area contributed by atoms with Crippen LogP contribution >= 0.6 is 11.6 Å². The molecular weight excluding hydrogens is 541 g/mol. The molecule has 3 aromatic rings. The number of piperazine rings is 1. The fraction of sp³-hybridized carbons (Fsp3) is 0.516. The highest BCUT2D eigenvalue weighted by Gasteiger charge is 2.31. The molecule has 1 N–H and O–H groups in total. The van der Waals surface area contributed by atoms with Crippen molar-refractivity contribution in [3.05, 3.63) is 52.4 Å². The van der Waals surface area contributed by atoms with Crippen molar-refractivity contribution in [3.8, 4) is 12.1 Å². The minimum atomic E-state index is -0.419. The second-order valence-electron chi connectivity index (χ2n) is 11.6. The van der Waals surface area contributed by atoms with Crippen LogP contribution in [0.3, 0.4) is 0 Å². The average molecular weight is 578 g/mol. The fourth-order valence-electron chi connectivity index (χ4n) is 6.63. The Morgan fingerprint density at radius 2 is 2.05 bits per heavy atom. The van der Waals surface area contributed by atoms with Crippen molar-refractivity contribution >= 4 is 33.9 Å². The average Bonchev–Trinajstić information content (AvgIpc) is 3.46. The number of hydrogen-bond acceptors (Lipinski definition) is 8. The number of aromatic nitrogens is 2. The Morgan fingerprint density at radius 3 is 2.88 bits per heavy atom. The topological polar surface area (TPSA) is 80.5 Å². The third-order valence-corrected chi connectivity index (χ3v) is 9.03. The third-order valence-electron chi connectivity index (χ3n) is 8.66. The Morgan fingerprint density at radius 1 is 1.17 bits per heavy atom. The SMILES string of the molecule is CC(C)N1CCCC1COc1nc2c(c(N3CCNC(CC#N)C3)n1)CCN(c1cccc3ccc(F)c(Cl)c13)C2. The number of nitrogens with zero attached hydrogens (tertiary/aromatic N) is 6. The molecule has 0 bridgehead atoms. The van der Waals surface area contributed by atoms with E-state index in [9.17, 15) is 9.65 Å². The van der Waals surface area contributed by atoms with Gasteiger partial charge in [0.1, 0.15) is 18.2 Å². The van der Waals surface area contributed by atoms with E-state index in [1.807, 2.05) is 18.2 Å². The third kappa shape index (κ3) is 5.66. The Kier molecular flexibility index (Phi) is 8.16. The van der Waals surface area contributed by atoms with Crippen LogP contribution in [0.1, 0.15) is 44.4 Å². The standard InChI is InChI=1S/C31H37ClFN7O/c1-20(2)40-14-4-6-23(40)19-41-31-36-26-18-38(27-7-3-5-21-8-9-25(33)29(32)28(21)27)15-11-24(26)30(37-31)39-16-13-35-22(17-39)10-12-34/h3,5,7-9,20,22-23,35H,4,6,10-11,13-19H2,1-2H3. The smallest absolute Gasteiger partial charge is 0.318 e. The highest BCUT2D eigenvalue weighted by molar-refractivity contribution is 6.36. The van der Waals surface area contributed by atoms with Gasteiger partial charge in [-0.15, -0.1) is 0 Å². The lowest BCUT2D eigenvalue weighted by atomic mass is 10.0. The molecule has 2 aromatic carbocycles. The molecule has 216 valence electrons. The van der Waals surface area contributed by atoms with Crippen LogP contribution in [0.25, 0.3) is 10.8 Å². The first-order valence-corrected chi connectivity index (χ1v) is 15.1. The van der Waals surface area contributed by atoms with Gasteiger partial charge >= 0.3 is 6.01 Å². The molecule has 8 nitrogen and oxygen atoms in total. The number of ether oxygens (including phenoxy) is 1. The zero-order chi connectivity index (χ0) is 28.5.